The average molecular weight is 440 g/mol. The number of benzene rings is 1. The fourth-order valence-corrected chi connectivity index (χ4v) is 4.53. The third-order valence-corrected chi connectivity index (χ3v) is 6.11. The first kappa shape index (κ1) is 23.2. The number of alkyl halides is 6. The minimum Gasteiger partial charge on any atom is -0.493 e. The lowest BCUT2D eigenvalue weighted by Crippen LogP contribution is -2.58. The average Bonchev–Trinajstić information content (AvgIpc) is 2.54. The first-order chi connectivity index (χ1) is 13.5. The van der Waals surface area contributed by atoms with Gasteiger partial charge >= 0.3 is 12.4 Å². The van der Waals surface area contributed by atoms with Gasteiger partial charge in [-0.3, -0.25) is 0 Å². The van der Waals surface area contributed by atoms with Crippen molar-refractivity contribution in [2.24, 2.45) is 10.8 Å². The summed E-state index contributed by atoms with van der Waals surface area (Å²) in [6.45, 7) is 9.59. The van der Waals surface area contributed by atoms with Gasteiger partial charge in [-0.05, 0) is 37.1 Å². The lowest BCUT2D eigenvalue weighted by molar-refractivity contribution is -0.353. The molecule has 4 atom stereocenters. The van der Waals surface area contributed by atoms with Gasteiger partial charge in [0, 0.05) is 16.4 Å². The molecule has 2 heterocycles. The zero-order valence-electron chi connectivity index (χ0n) is 17.7. The van der Waals surface area contributed by atoms with Crippen molar-refractivity contribution in [2.75, 3.05) is 6.61 Å². The Morgan fingerprint density at radius 3 is 1.63 bits per heavy atom. The van der Waals surface area contributed by atoms with Gasteiger partial charge in [0.05, 0.1) is 18.8 Å². The summed E-state index contributed by atoms with van der Waals surface area (Å²) in [5.41, 5.74) is -0.962. The number of ether oxygens (including phenoxy) is 3. The Bertz CT molecular complexity index is 812. The van der Waals surface area contributed by atoms with E-state index in [-0.39, 0.29) is 6.61 Å². The smallest absolute Gasteiger partial charge is 0.415 e. The Morgan fingerprint density at radius 2 is 1.27 bits per heavy atom. The van der Waals surface area contributed by atoms with Gasteiger partial charge in [-0.15, -0.1) is 0 Å². The van der Waals surface area contributed by atoms with Crippen LogP contribution < -0.4 is 4.74 Å². The van der Waals surface area contributed by atoms with Crippen molar-refractivity contribution in [1.82, 2.24) is 0 Å². The summed E-state index contributed by atoms with van der Waals surface area (Å²) in [7, 11) is 0. The van der Waals surface area contributed by atoms with Crippen LogP contribution in [0, 0.1) is 17.8 Å². The van der Waals surface area contributed by atoms with E-state index in [1.54, 1.807) is 26.0 Å². The van der Waals surface area contributed by atoms with Crippen molar-refractivity contribution in [3.63, 3.8) is 0 Å². The zero-order valence-corrected chi connectivity index (χ0v) is 17.7. The number of hydrogen-bond acceptors (Lipinski definition) is 3. The van der Waals surface area contributed by atoms with E-state index < -0.39 is 47.6 Å². The molecule has 2 aliphatic heterocycles. The van der Waals surface area contributed by atoms with Gasteiger partial charge in [0.15, 0.2) is 12.2 Å². The summed E-state index contributed by atoms with van der Waals surface area (Å²) in [5, 5.41) is 0. The molecule has 3 rings (SSSR count). The molecular weight excluding hydrogens is 414 g/mol. The van der Waals surface area contributed by atoms with Crippen LogP contribution >= 0.6 is 0 Å². The highest BCUT2D eigenvalue weighted by molar-refractivity contribution is 5.47. The van der Waals surface area contributed by atoms with Crippen LogP contribution in [0.3, 0.4) is 0 Å². The molecule has 9 heteroatoms. The molecule has 0 aromatic heterocycles. The molecule has 170 valence electrons. The summed E-state index contributed by atoms with van der Waals surface area (Å²) in [6.07, 6.45) is -14.6. The summed E-state index contributed by atoms with van der Waals surface area (Å²) in [4.78, 5) is 0. The fourth-order valence-electron chi connectivity index (χ4n) is 4.53. The Balaban J connectivity index is 2.00. The molecule has 2 fully saturated rings. The van der Waals surface area contributed by atoms with Gasteiger partial charge in [0.1, 0.15) is 5.75 Å². The lowest BCUT2D eigenvalue weighted by atomic mass is 9.69. The number of hydrogen-bond donors (Lipinski definition) is 0. The van der Waals surface area contributed by atoms with Crippen LogP contribution in [0.25, 0.3) is 0 Å². The van der Waals surface area contributed by atoms with Crippen molar-refractivity contribution < 1.29 is 40.6 Å². The van der Waals surface area contributed by atoms with Gasteiger partial charge in [0.2, 0.25) is 0 Å². The number of halogens is 6. The predicted molar refractivity (Wildman–Crippen MR) is 97.2 cm³/mol. The van der Waals surface area contributed by atoms with Crippen molar-refractivity contribution in [1.29, 1.82) is 0 Å². The van der Waals surface area contributed by atoms with E-state index in [2.05, 4.69) is 0 Å². The molecule has 1 aromatic carbocycles. The molecule has 2 aliphatic rings. The van der Waals surface area contributed by atoms with Gasteiger partial charge in [-0.2, -0.15) is 26.3 Å². The number of aryl methyl sites for hydroxylation is 1. The molecule has 2 saturated heterocycles. The van der Waals surface area contributed by atoms with E-state index in [0.717, 1.165) is 0 Å². The van der Waals surface area contributed by atoms with Crippen LogP contribution in [0.2, 0.25) is 0 Å². The second kappa shape index (κ2) is 7.02. The highest BCUT2D eigenvalue weighted by atomic mass is 19.4. The molecule has 1 aromatic rings. The summed E-state index contributed by atoms with van der Waals surface area (Å²) >= 11 is 0. The van der Waals surface area contributed by atoms with E-state index >= 15 is 0 Å². The molecular formula is C21H26F6O3. The number of rotatable bonds is 4. The molecule has 0 saturated carbocycles. The normalized spacial score (nSPS) is 30.4. The first-order valence-corrected chi connectivity index (χ1v) is 9.74. The largest absolute Gasteiger partial charge is 0.493 e. The van der Waals surface area contributed by atoms with Crippen molar-refractivity contribution in [2.45, 2.75) is 78.3 Å². The van der Waals surface area contributed by atoms with Gasteiger partial charge in [-0.1, -0.05) is 27.7 Å². The minimum absolute atomic E-state index is 0.281. The molecule has 0 aliphatic carbocycles. The summed E-state index contributed by atoms with van der Waals surface area (Å²) in [5.74, 6) is 0.363. The van der Waals surface area contributed by atoms with Crippen LogP contribution in [-0.2, 0) is 9.47 Å². The Morgan fingerprint density at radius 1 is 0.833 bits per heavy atom. The van der Waals surface area contributed by atoms with Crippen LogP contribution in [-0.4, -0.2) is 31.2 Å². The molecule has 4 unspecified atom stereocenters. The lowest BCUT2D eigenvalue weighted by Gasteiger charge is -2.54. The van der Waals surface area contributed by atoms with Crippen molar-refractivity contribution >= 4 is 0 Å². The quantitative estimate of drug-likeness (QED) is 0.504. The van der Waals surface area contributed by atoms with Crippen LogP contribution in [0.5, 0.6) is 5.75 Å². The SMILES string of the molecule is CCOc1cc(C)c(C2OC(C(F)(F)F)C2(C)C)cc1C1OC(C(F)(F)F)C1(C)C. The highest BCUT2D eigenvalue weighted by Gasteiger charge is 2.64. The Kier molecular flexibility index (Phi) is 5.42. The molecule has 0 radical (unpaired) electrons. The van der Waals surface area contributed by atoms with E-state index in [9.17, 15) is 26.3 Å². The predicted octanol–water partition coefficient (Wildman–Crippen LogP) is 6.45. The minimum atomic E-state index is -4.52. The van der Waals surface area contributed by atoms with Crippen LogP contribution in [0.1, 0.15) is 63.5 Å². The van der Waals surface area contributed by atoms with Crippen LogP contribution in [0.15, 0.2) is 12.1 Å². The second-order valence-electron chi connectivity index (χ2n) is 9.20. The maximum atomic E-state index is 13.2. The standard InChI is InChI=1S/C21H26F6O3/c1-7-28-13-8-10(2)11(14-18(3,4)16(29-14)20(22,23)24)9-12(13)15-19(5,6)17(30-15)21(25,26)27/h8-9,14-17H,7H2,1-6H3. The molecule has 0 spiro atoms. The Hall–Kier alpha value is -1.48. The van der Waals surface area contributed by atoms with Crippen LogP contribution in [0.4, 0.5) is 26.3 Å². The maximum Gasteiger partial charge on any atom is 0.415 e. The van der Waals surface area contributed by atoms with Crippen molar-refractivity contribution in [3.8, 4) is 5.75 Å². The zero-order chi connectivity index (χ0) is 22.9. The second-order valence-corrected chi connectivity index (χ2v) is 9.20. The topological polar surface area (TPSA) is 27.7 Å². The Labute approximate surface area is 171 Å². The third kappa shape index (κ3) is 3.57. The maximum absolute atomic E-state index is 13.2. The monoisotopic (exact) mass is 440 g/mol. The van der Waals surface area contributed by atoms with E-state index in [1.165, 1.54) is 27.7 Å². The van der Waals surface area contributed by atoms with Crippen molar-refractivity contribution in [3.05, 3.63) is 28.8 Å². The van der Waals surface area contributed by atoms with E-state index in [1.807, 2.05) is 0 Å². The molecule has 0 amide bonds. The first-order valence-electron chi connectivity index (χ1n) is 9.74. The van der Waals surface area contributed by atoms with Gasteiger partial charge in [0.25, 0.3) is 0 Å². The van der Waals surface area contributed by atoms with E-state index in [4.69, 9.17) is 14.2 Å². The molecule has 0 bridgehead atoms. The highest BCUT2D eigenvalue weighted by Crippen LogP contribution is 2.60. The summed E-state index contributed by atoms with van der Waals surface area (Å²) < 4.78 is 95.4. The molecule has 30 heavy (non-hydrogen) atoms. The molecule has 3 nitrogen and oxygen atoms in total. The van der Waals surface area contributed by atoms with Gasteiger partial charge < -0.3 is 14.2 Å². The molecule has 0 N–H and O–H groups in total. The summed E-state index contributed by atoms with van der Waals surface area (Å²) in [6, 6.07) is 3.22. The fraction of sp³-hybridized carbons (Fsp3) is 0.714. The van der Waals surface area contributed by atoms with E-state index in [0.29, 0.717) is 22.4 Å². The third-order valence-electron chi connectivity index (χ3n) is 6.11. The van der Waals surface area contributed by atoms with Gasteiger partial charge in [-0.25, -0.2) is 0 Å².